The van der Waals surface area contributed by atoms with Crippen LogP contribution in [0.25, 0.3) is 17.1 Å². The van der Waals surface area contributed by atoms with Crippen molar-refractivity contribution in [2.45, 2.75) is 20.3 Å². The predicted molar refractivity (Wildman–Crippen MR) is 119 cm³/mol. The number of amides is 1. The minimum Gasteiger partial charge on any atom is -0.494 e. The van der Waals surface area contributed by atoms with Crippen LogP contribution in [0.15, 0.2) is 58.4 Å². The first-order valence-electron chi connectivity index (χ1n) is 10.1. The molecule has 3 aromatic heterocycles. The van der Waals surface area contributed by atoms with Gasteiger partial charge in [-0.3, -0.25) is 9.78 Å². The zero-order valence-electron chi connectivity index (χ0n) is 18.0. The fourth-order valence-electron chi connectivity index (χ4n) is 2.93. The molecule has 0 unspecified atom stereocenters. The lowest BCUT2D eigenvalue weighted by Crippen LogP contribution is -2.21. The average Bonchev–Trinajstić information content (AvgIpc) is 3.48. The van der Waals surface area contributed by atoms with Gasteiger partial charge in [0.25, 0.3) is 5.91 Å². The normalized spacial score (nSPS) is 11.4. The van der Waals surface area contributed by atoms with E-state index in [1.165, 1.54) is 4.68 Å². The van der Waals surface area contributed by atoms with E-state index >= 15 is 0 Å². The number of nitrogens with one attached hydrogen (secondary N) is 1. The van der Waals surface area contributed by atoms with Crippen LogP contribution in [0.2, 0.25) is 0 Å². The van der Waals surface area contributed by atoms with Gasteiger partial charge in [0.15, 0.2) is 5.69 Å². The molecular weight excluding hydrogens is 426 g/mol. The van der Waals surface area contributed by atoms with E-state index in [0.29, 0.717) is 35.0 Å². The van der Waals surface area contributed by atoms with E-state index in [9.17, 15) is 4.79 Å². The van der Waals surface area contributed by atoms with Crippen LogP contribution in [0.3, 0.4) is 0 Å². The van der Waals surface area contributed by atoms with Crippen molar-refractivity contribution in [1.29, 1.82) is 0 Å². The first kappa shape index (κ1) is 21.6. The Balaban J connectivity index is 1.69. The average molecular weight is 447 g/mol. The Morgan fingerprint density at radius 3 is 2.70 bits per heavy atom. The fourth-order valence-corrected chi connectivity index (χ4v) is 2.93. The number of nitrogen functional groups attached to an aromatic ring is 1. The Morgan fingerprint density at radius 2 is 2.03 bits per heavy atom. The number of benzene rings is 1. The van der Waals surface area contributed by atoms with Crippen molar-refractivity contribution < 1.29 is 14.2 Å². The van der Waals surface area contributed by atoms with Gasteiger partial charge < -0.3 is 10.5 Å². The van der Waals surface area contributed by atoms with Crippen LogP contribution >= 0.6 is 0 Å². The number of hydrogen-bond donors (Lipinski definition) is 2. The van der Waals surface area contributed by atoms with Crippen LogP contribution < -0.4 is 15.9 Å². The first-order valence-corrected chi connectivity index (χ1v) is 10.1. The van der Waals surface area contributed by atoms with E-state index in [-0.39, 0.29) is 17.3 Å². The number of carbonyl (C=O) groups is 1. The third kappa shape index (κ3) is 4.69. The van der Waals surface area contributed by atoms with E-state index in [1.807, 2.05) is 13.0 Å². The summed E-state index contributed by atoms with van der Waals surface area (Å²) >= 11 is 0. The number of pyridine rings is 1. The molecular formula is C21H21N9O3. The van der Waals surface area contributed by atoms with E-state index in [2.05, 4.69) is 40.8 Å². The summed E-state index contributed by atoms with van der Waals surface area (Å²) in [4.78, 5) is 17.2. The van der Waals surface area contributed by atoms with Crippen LogP contribution in [0.1, 0.15) is 36.5 Å². The van der Waals surface area contributed by atoms with E-state index in [1.54, 1.807) is 49.5 Å². The number of nitrogens with two attached hydrogens (primary N) is 1. The minimum absolute atomic E-state index is 0.0000229. The maximum Gasteiger partial charge on any atom is 0.294 e. The van der Waals surface area contributed by atoms with Gasteiger partial charge in [-0.2, -0.15) is 9.78 Å². The Labute approximate surface area is 188 Å². The third-order valence-electron chi connectivity index (χ3n) is 4.54. The maximum absolute atomic E-state index is 13.0. The van der Waals surface area contributed by atoms with Gasteiger partial charge in [0, 0.05) is 11.8 Å². The largest absolute Gasteiger partial charge is 0.494 e. The molecule has 4 rings (SSSR count). The number of hydrazone groups is 1. The Kier molecular flexibility index (Phi) is 6.34. The van der Waals surface area contributed by atoms with Gasteiger partial charge in [0.05, 0.1) is 18.0 Å². The van der Waals surface area contributed by atoms with Crippen molar-refractivity contribution in [2.24, 2.45) is 5.10 Å². The molecule has 4 aromatic rings. The molecule has 33 heavy (non-hydrogen) atoms. The molecule has 0 aliphatic rings. The predicted octanol–water partition coefficient (Wildman–Crippen LogP) is 2.24. The summed E-state index contributed by atoms with van der Waals surface area (Å²) in [5.41, 5.74) is 10.5. The molecule has 0 bridgehead atoms. The van der Waals surface area contributed by atoms with Crippen molar-refractivity contribution in [1.82, 2.24) is 35.7 Å². The van der Waals surface area contributed by atoms with Crippen LogP contribution in [0.5, 0.6) is 5.75 Å². The van der Waals surface area contributed by atoms with Gasteiger partial charge in [-0.25, -0.2) is 10.1 Å². The van der Waals surface area contributed by atoms with Gasteiger partial charge in [0.2, 0.25) is 11.6 Å². The standard InChI is InChI=1S/C21H21N9O3/c1-3-12-32-15-9-7-14(8-10-15)18-17(25-29-30(18)20-19(22)27-33-28-20)21(31)26-24-13(2)16-6-4-5-11-23-16/h4-11H,3,12H2,1-2H3,(H2,22,27)(H,26,31). The van der Waals surface area contributed by atoms with Crippen molar-refractivity contribution in [2.75, 3.05) is 12.3 Å². The lowest BCUT2D eigenvalue weighted by molar-refractivity contribution is 0.0950. The van der Waals surface area contributed by atoms with E-state index in [0.717, 1.165) is 6.42 Å². The van der Waals surface area contributed by atoms with E-state index < -0.39 is 5.91 Å². The number of anilines is 1. The monoisotopic (exact) mass is 447 g/mol. The van der Waals surface area contributed by atoms with Crippen molar-refractivity contribution in [3.05, 3.63) is 60.0 Å². The molecule has 3 heterocycles. The molecule has 0 atom stereocenters. The van der Waals surface area contributed by atoms with Crippen LogP contribution in [-0.4, -0.2) is 48.5 Å². The molecule has 0 aliphatic carbocycles. The Bertz CT molecular complexity index is 1260. The van der Waals surface area contributed by atoms with E-state index in [4.69, 9.17) is 10.5 Å². The summed E-state index contributed by atoms with van der Waals surface area (Å²) in [6.45, 7) is 4.36. The molecule has 0 radical (unpaired) electrons. The maximum atomic E-state index is 13.0. The summed E-state index contributed by atoms with van der Waals surface area (Å²) in [6, 6.07) is 12.6. The molecule has 168 valence electrons. The second-order valence-electron chi connectivity index (χ2n) is 6.90. The summed E-state index contributed by atoms with van der Waals surface area (Å²) < 4.78 is 11.6. The molecule has 0 saturated heterocycles. The summed E-state index contributed by atoms with van der Waals surface area (Å²) in [6.07, 6.45) is 2.53. The zero-order valence-corrected chi connectivity index (χ0v) is 18.0. The van der Waals surface area contributed by atoms with Gasteiger partial charge in [-0.1, -0.05) is 18.2 Å². The summed E-state index contributed by atoms with van der Waals surface area (Å²) in [7, 11) is 0. The van der Waals surface area contributed by atoms with Crippen molar-refractivity contribution in [3.8, 4) is 22.8 Å². The molecule has 12 nitrogen and oxygen atoms in total. The lowest BCUT2D eigenvalue weighted by atomic mass is 10.1. The number of nitrogens with zero attached hydrogens (tertiary/aromatic N) is 7. The minimum atomic E-state index is -0.576. The Morgan fingerprint density at radius 1 is 1.21 bits per heavy atom. The number of hydrogen-bond acceptors (Lipinski definition) is 10. The number of rotatable bonds is 8. The highest BCUT2D eigenvalue weighted by atomic mass is 16.6. The lowest BCUT2D eigenvalue weighted by Gasteiger charge is -2.08. The van der Waals surface area contributed by atoms with Crippen molar-refractivity contribution >= 4 is 17.4 Å². The van der Waals surface area contributed by atoms with Gasteiger partial charge in [0.1, 0.15) is 11.4 Å². The molecule has 0 aliphatic heterocycles. The second kappa shape index (κ2) is 9.68. The molecule has 0 fully saturated rings. The zero-order chi connectivity index (χ0) is 23.2. The van der Waals surface area contributed by atoms with Crippen molar-refractivity contribution in [3.63, 3.8) is 0 Å². The Hall–Kier alpha value is -4.61. The second-order valence-corrected chi connectivity index (χ2v) is 6.90. The summed E-state index contributed by atoms with van der Waals surface area (Å²) in [5.74, 6) is 0.229. The highest BCUT2D eigenvalue weighted by Gasteiger charge is 2.25. The van der Waals surface area contributed by atoms with Gasteiger partial charge in [-0.15, -0.1) is 5.10 Å². The molecule has 12 heteroatoms. The number of ether oxygens (including phenoxy) is 1. The topological polar surface area (TPSA) is 159 Å². The smallest absolute Gasteiger partial charge is 0.294 e. The van der Waals surface area contributed by atoms with Crippen LogP contribution in [0, 0.1) is 0 Å². The van der Waals surface area contributed by atoms with Crippen LogP contribution in [0.4, 0.5) is 5.82 Å². The quantitative estimate of drug-likeness (QED) is 0.305. The van der Waals surface area contributed by atoms with Crippen LogP contribution in [-0.2, 0) is 0 Å². The van der Waals surface area contributed by atoms with Gasteiger partial charge in [-0.05, 0) is 60.1 Å². The van der Waals surface area contributed by atoms with Gasteiger partial charge >= 0.3 is 0 Å². The SMILES string of the molecule is CCCOc1ccc(-c2c(C(=O)NN=C(C)c3ccccn3)nnn2-c2nonc2N)cc1. The highest BCUT2D eigenvalue weighted by Crippen LogP contribution is 2.28. The molecule has 0 saturated carbocycles. The molecule has 3 N–H and O–H groups in total. The molecule has 1 amide bonds. The number of aromatic nitrogens is 6. The first-order chi connectivity index (χ1) is 16.1. The molecule has 0 spiro atoms. The number of carbonyl (C=O) groups excluding carboxylic acids is 1. The highest BCUT2D eigenvalue weighted by molar-refractivity contribution is 6.01. The fraction of sp³-hybridized carbons (Fsp3) is 0.190. The molecule has 1 aromatic carbocycles. The third-order valence-corrected chi connectivity index (χ3v) is 4.54. The summed E-state index contributed by atoms with van der Waals surface area (Å²) in [5, 5.41) is 19.6.